The van der Waals surface area contributed by atoms with E-state index in [1.807, 2.05) is 12.4 Å². The van der Waals surface area contributed by atoms with E-state index < -0.39 is 0 Å². The van der Waals surface area contributed by atoms with Gasteiger partial charge in [0.25, 0.3) is 0 Å². The number of aromatic nitrogens is 1. The van der Waals surface area contributed by atoms with E-state index in [1.165, 1.54) is 18.4 Å². The summed E-state index contributed by atoms with van der Waals surface area (Å²) in [4.78, 5) is 6.38. The molecule has 2 rings (SSSR count). The van der Waals surface area contributed by atoms with E-state index in [-0.39, 0.29) is 0 Å². The van der Waals surface area contributed by atoms with Crippen molar-refractivity contribution in [2.45, 2.75) is 25.4 Å². The summed E-state index contributed by atoms with van der Waals surface area (Å²) in [6, 6.07) is 4.61. The fourth-order valence-electron chi connectivity index (χ4n) is 2.24. The number of nitrogens with two attached hydrogens (primary N) is 1. The third-order valence-corrected chi connectivity index (χ3v) is 3.04. The van der Waals surface area contributed by atoms with Crippen LogP contribution in [-0.2, 0) is 6.54 Å². The fourth-order valence-corrected chi connectivity index (χ4v) is 2.24. The molecule has 1 aromatic heterocycles. The van der Waals surface area contributed by atoms with Crippen LogP contribution >= 0.6 is 0 Å². The van der Waals surface area contributed by atoms with Crippen LogP contribution in [0.1, 0.15) is 18.4 Å². The number of nitrogens with zero attached hydrogens (tertiary/aromatic N) is 2. The van der Waals surface area contributed by atoms with Crippen LogP contribution in [0.4, 0.5) is 0 Å². The molecule has 0 spiro atoms. The second-order valence-electron chi connectivity index (χ2n) is 4.65. The molecule has 2 N–H and O–H groups in total. The third-order valence-electron chi connectivity index (χ3n) is 3.04. The Kier molecular flexibility index (Phi) is 3.34. The third kappa shape index (κ3) is 3.01. The molecule has 0 saturated heterocycles. The van der Waals surface area contributed by atoms with Crippen molar-refractivity contribution in [3.8, 4) is 0 Å². The number of hydrogen-bond donors (Lipinski definition) is 1. The smallest absolute Gasteiger partial charge is 0.0271 e. The maximum absolute atomic E-state index is 5.77. The van der Waals surface area contributed by atoms with Gasteiger partial charge in [-0.15, -0.1) is 0 Å². The topological polar surface area (TPSA) is 42.2 Å². The Balaban J connectivity index is 1.75. The Morgan fingerprint density at radius 2 is 2.07 bits per heavy atom. The van der Waals surface area contributed by atoms with E-state index >= 15 is 0 Å². The standard InChI is InChI=1S/C12H19N3/c1-15(9-11-6-12(13)7-11)8-10-2-4-14-5-3-10/h2-5,11-12H,6-9,13H2,1H3. The van der Waals surface area contributed by atoms with Gasteiger partial charge in [-0.3, -0.25) is 4.98 Å². The molecule has 3 heteroatoms. The van der Waals surface area contributed by atoms with Gasteiger partial charge in [0.05, 0.1) is 0 Å². The van der Waals surface area contributed by atoms with Crippen molar-refractivity contribution in [1.29, 1.82) is 0 Å². The Bertz CT molecular complexity index is 293. The minimum Gasteiger partial charge on any atom is -0.328 e. The van der Waals surface area contributed by atoms with Gasteiger partial charge in [0.15, 0.2) is 0 Å². The highest BCUT2D eigenvalue weighted by Crippen LogP contribution is 2.26. The molecule has 1 aliphatic carbocycles. The van der Waals surface area contributed by atoms with Gasteiger partial charge in [0.2, 0.25) is 0 Å². The zero-order valence-electron chi connectivity index (χ0n) is 9.26. The molecule has 0 amide bonds. The molecule has 1 heterocycles. The highest BCUT2D eigenvalue weighted by atomic mass is 15.1. The van der Waals surface area contributed by atoms with Crippen molar-refractivity contribution in [2.24, 2.45) is 11.7 Å². The van der Waals surface area contributed by atoms with Crippen LogP contribution in [0.5, 0.6) is 0 Å². The lowest BCUT2D eigenvalue weighted by molar-refractivity contribution is 0.178. The predicted octanol–water partition coefficient (Wildman–Crippen LogP) is 1.25. The van der Waals surface area contributed by atoms with Gasteiger partial charge < -0.3 is 10.6 Å². The van der Waals surface area contributed by atoms with Crippen LogP contribution in [0.2, 0.25) is 0 Å². The first-order valence-corrected chi connectivity index (χ1v) is 5.57. The molecule has 1 aromatic rings. The highest BCUT2D eigenvalue weighted by molar-refractivity contribution is 5.09. The van der Waals surface area contributed by atoms with E-state index in [2.05, 4.69) is 29.1 Å². The summed E-state index contributed by atoms with van der Waals surface area (Å²) in [5, 5.41) is 0. The molecule has 0 radical (unpaired) electrons. The Labute approximate surface area is 91.3 Å². The van der Waals surface area contributed by atoms with Gasteiger partial charge >= 0.3 is 0 Å². The summed E-state index contributed by atoms with van der Waals surface area (Å²) in [7, 11) is 2.17. The zero-order chi connectivity index (χ0) is 10.7. The van der Waals surface area contributed by atoms with Crippen molar-refractivity contribution in [2.75, 3.05) is 13.6 Å². The van der Waals surface area contributed by atoms with Crippen molar-refractivity contribution in [3.05, 3.63) is 30.1 Å². The van der Waals surface area contributed by atoms with Crippen LogP contribution in [-0.4, -0.2) is 29.5 Å². The van der Waals surface area contributed by atoms with E-state index in [9.17, 15) is 0 Å². The molecule has 0 unspecified atom stereocenters. The van der Waals surface area contributed by atoms with Crippen LogP contribution in [0.15, 0.2) is 24.5 Å². The summed E-state index contributed by atoms with van der Waals surface area (Å²) < 4.78 is 0. The molecule has 1 aliphatic rings. The van der Waals surface area contributed by atoms with Gasteiger partial charge in [0.1, 0.15) is 0 Å². The maximum atomic E-state index is 5.77. The first kappa shape index (κ1) is 10.6. The lowest BCUT2D eigenvalue weighted by Crippen LogP contribution is -2.41. The lowest BCUT2D eigenvalue weighted by atomic mass is 9.80. The minimum atomic E-state index is 0.462. The lowest BCUT2D eigenvalue weighted by Gasteiger charge is -2.35. The van der Waals surface area contributed by atoms with Crippen molar-refractivity contribution in [3.63, 3.8) is 0 Å². The van der Waals surface area contributed by atoms with Crippen molar-refractivity contribution >= 4 is 0 Å². The van der Waals surface area contributed by atoms with Crippen LogP contribution < -0.4 is 5.73 Å². The van der Waals surface area contributed by atoms with Gasteiger partial charge in [-0.1, -0.05) is 0 Å². The number of pyridine rings is 1. The second-order valence-corrected chi connectivity index (χ2v) is 4.65. The Morgan fingerprint density at radius 3 is 2.67 bits per heavy atom. The Morgan fingerprint density at radius 1 is 1.40 bits per heavy atom. The summed E-state index contributed by atoms with van der Waals surface area (Å²) >= 11 is 0. The molecular weight excluding hydrogens is 186 g/mol. The zero-order valence-corrected chi connectivity index (χ0v) is 9.26. The van der Waals surface area contributed by atoms with E-state index in [1.54, 1.807) is 0 Å². The quantitative estimate of drug-likeness (QED) is 0.804. The molecule has 0 aromatic carbocycles. The first-order chi connectivity index (χ1) is 7.24. The molecule has 0 atom stereocenters. The van der Waals surface area contributed by atoms with Crippen LogP contribution in [0, 0.1) is 5.92 Å². The largest absolute Gasteiger partial charge is 0.328 e. The molecule has 82 valence electrons. The van der Waals surface area contributed by atoms with Gasteiger partial charge in [0, 0.05) is 31.5 Å². The monoisotopic (exact) mass is 205 g/mol. The average molecular weight is 205 g/mol. The summed E-state index contributed by atoms with van der Waals surface area (Å²) in [6.45, 7) is 2.17. The fraction of sp³-hybridized carbons (Fsp3) is 0.583. The normalized spacial score (nSPS) is 25.3. The van der Waals surface area contributed by atoms with Gasteiger partial charge in [-0.25, -0.2) is 0 Å². The Hall–Kier alpha value is -0.930. The summed E-state index contributed by atoms with van der Waals surface area (Å²) in [5.74, 6) is 0.812. The molecule has 15 heavy (non-hydrogen) atoms. The molecule has 1 fully saturated rings. The maximum Gasteiger partial charge on any atom is 0.0271 e. The highest BCUT2D eigenvalue weighted by Gasteiger charge is 2.26. The van der Waals surface area contributed by atoms with Crippen molar-refractivity contribution < 1.29 is 0 Å². The molecule has 1 saturated carbocycles. The molecular formula is C12H19N3. The molecule has 3 nitrogen and oxygen atoms in total. The number of hydrogen-bond acceptors (Lipinski definition) is 3. The van der Waals surface area contributed by atoms with Gasteiger partial charge in [-0.05, 0) is 43.5 Å². The minimum absolute atomic E-state index is 0.462. The van der Waals surface area contributed by atoms with Gasteiger partial charge in [-0.2, -0.15) is 0 Å². The van der Waals surface area contributed by atoms with Crippen molar-refractivity contribution in [1.82, 2.24) is 9.88 Å². The molecule has 0 aliphatic heterocycles. The van der Waals surface area contributed by atoms with E-state index in [0.717, 1.165) is 19.0 Å². The second kappa shape index (κ2) is 4.73. The number of rotatable bonds is 4. The summed E-state index contributed by atoms with van der Waals surface area (Å²) in [6.07, 6.45) is 6.09. The average Bonchev–Trinajstić information content (AvgIpc) is 2.17. The van der Waals surface area contributed by atoms with E-state index in [0.29, 0.717) is 6.04 Å². The molecule has 0 bridgehead atoms. The van der Waals surface area contributed by atoms with Crippen LogP contribution in [0.25, 0.3) is 0 Å². The van der Waals surface area contributed by atoms with E-state index in [4.69, 9.17) is 5.73 Å². The first-order valence-electron chi connectivity index (χ1n) is 5.57. The SMILES string of the molecule is CN(Cc1ccncc1)CC1CC(N)C1. The predicted molar refractivity (Wildman–Crippen MR) is 61.3 cm³/mol. The van der Waals surface area contributed by atoms with Crippen LogP contribution in [0.3, 0.4) is 0 Å². The summed E-state index contributed by atoms with van der Waals surface area (Å²) in [5.41, 5.74) is 7.10.